The van der Waals surface area contributed by atoms with Gasteiger partial charge in [-0.2, -0.15) is 0 Å². The van der Waals surface area contributed by atoms with Crippen LogP contribution < -0.4 is 11.1 Å². The predicted octanol–water partition coefficient (Wildman–Crippen LogP) is 4.65. The van der Waals surface area contributed by atoms with Gasteiger partial charge in [-0.15, -0.1) is 11.3 Å². The number of nitrogens with two attached hydrogens (primary N) is 1. The highest BCUT2D eigenvalue weighted by Crippen LogP contribution is 2.34. The molecule has 3 N–H and O–H groups in total. The molecule has 0 aliphatic rings. The minimum absolute atomic E-state index is 0.159. The van der Waals surface area contributed by atoms with Gasteiger partial charge in [-0.25, -0.2) is 0 Å². The average Bonchev–Trinajstić information content (AvgIpc) is 2.76. The number of rotatable bonds is 2. The maximum atomic E-state index is 12.4. The second-order valence-corrected chi connectivity index (χ2v) is 7.11. The second kappa shape index (κ2) is 5.65. The first-order chi connectivity index (χ1) is 10.0. The Labute approximate surface area is 140 Å². The van der Waals surface area contributed by atoms with Crippen molar-refractivity contribution in [1.82, 2.24) is 0 Å². The number of hydrogen-bond donors (Lipinski definition) is 2. The molecule has 21 heavy (non-hydrogen) atoms. The number of carbonyl (C=O) groups is 1. The number of amides is 1. The van der Waals surface area contributed by atoms with Gasteiger partial charge >= 0.3 is 0 Å². The number of carbonyl (C=O) groups excluding carboxylic acids is 1. The highest BCUT2D eigenvalue weighted by molar-refractivity contribution is 14.1. The van der Waals surface area contributed by atoms with Gasteiger partial charge in [-0.1, -0.05) is 17.7 Å². The Hall–Kier alpha value is -1.60. The van der Waals surface area contributed by atoms with E-state index in [1.807, 2.05) is 49.4 Å². The van der Waals surface area contributed by atoms with Crippen LogP contribution in [-0.2, 0) is 0 Å². The molecule has 2 aromatic carbocycles. The molecular weight excluding hydrogens is 395 g/mol. The molecule has 0 saturated carbocycles. The summed E-state index contributed by atoms with van der Waals surface area (Å²) < 4.78 is 2.11. The Morgan fingerprint density at radius 3 is 2.81 bits per heavy atom. The summed E-state index contributed by atoms with van der Waals surface area (Å²) in [6, 6.07) is 13.7. The lowest BCUT2D eigenvalue weighted by molar-refractivity contribution is 0.103. The van der Waals surface area contributed by atoms with E-state index >= 15 is 0 Å². The molecule has 1 amide bonds. The third kappa shape index (κ3) is 2.89. The van der Waals surface area contributed by atoms with Crippen molar-refractivity contribution in [1.29, 1.82) is 0 Å². The zero-order chi connectivity index (χ0) is 15.0. The van der Waals surface area contributed by atoms with Crippen molar-refractivity contribution >= 4 is 61.3 Å². The lowest BCUT2D eigenvalue weighted by atomic mass is 10.1. The van der Waals surface area contributed by atoms with Crippen molar-refractivity contribution in [2.24, 2.45) is 0 Å². The van der Waals surface area contributed by atoms with Gasteiger partial charge in [0.25, 0.3) is 5.91 Å². The maximum Gasteiger partial charge on any atom is 0.267 e. The van der Waals surface area contributed by atoms with Crippen LogP contribution in [0.3, 0.4) is 0 Å². The molecule has 5 heteroatoms. The minimum atomic E-state index is -0.159. The van der Waals surface area contributed by atoms with E-state index in [4.69, 9.17) is 5.73 Å². The van der Waals surface area contributed by atoms with Crippen LogP contribution in [0.15, 0.2) is 42.5 Å². The summed E-state index contributed by atoms with van der Waals surface area (Å²) in [5, 5.41) is 3.85. The van der Waals surface area contributed by atoms with E-state index < -0.39 is 0 Å². The molecule has 0 spiro atoms. The molecule has 1 aromatic heterocycles. The average molecular weight is 408 g/mol. The quantitative estimate of drug-likeness (QED) is 0.607. The number of nitrogens with one attached hydrogen (secondary N) is 1. The van der Waals surface area contributed by atoms with Gasteiger partial charge in [0.2, 0.25) is 0 Å². The second-order valence-electron chi connectivity index (χ2n) is 4.81. The van der Waals surface area contributed by atoms with Crippen LogP contribution in [0.2, 0.25) is 0 Å². The lowest BCUT2D eigenvalue weighted by Crippen LogP contribution is -2.11. The fourth-order valence-corrected chi connectivity index (χ4v) is 3.69. The van der Waals surface area contributed by atoms with Crippen LogP contribution in [0.1, 0.15) is 15.2 Å². The molecule has 3 aromatic rings. The van der Waals surface area contributed by atoms with E-state index in [0.717, 1.165) is 24.9 Å². The number of hydrogen-bond acceptors (Lipinski definition) is 3. The lowest BCUT2D eigenvalue weighted by Gasteiger charge is -2.04. The molecule has 0 bridgehead atoms. The summed E-state index contributed by atoms with van der Waals surface area (Å²) in [5.74, 6) is -0.159. The largest absolute Gasteiger partial charge is 0.397 e. The Balaban J connectivity index is 1.96. The van der Waals surface area contributed by atoms with Crippen LogP contribution >= 0.6 is 33.9 Å². The number of anilines is 2. The summed E-state index contributed by atoms with van der Waals surface area (Å²) in [6.07, 6.45) is 0. The van der Waals surface area contributed by atoms with Crippen LogP contribution in [0.5, 0.6) is 0 Å². The first-order valence-corrected chi connectivity index (χ1v) is 8.29. The summed E-state index contributed by atoms with van der Waals surface area (Å²) in [4.78, 5) is 13.0. The summed E-state index contributed by atoms with van der Waals surface area (Å²) >= 11 is 3.64. The summed E-state index contributed by atoms with van der Waals surface area (Å²) in [5.41, 5.74) is 8.61. The molecular formula is C16H13IN2OS. The van der Waals surface area contributed by atoms with Crippen LogP contribution in [-0.4, -0.2) is 5.91 Å². The molecule has 0 saturated heterocycles. The molecule has 0 radical (unpaired) electrons. The normalized spacial score (nSPS) is 10.8. The fraction of sp³-hybridized carbons (Fsp3) is 0.0625. The number of benzene rings is 2. The monoisotopic (exact) mass is 408 g/mol. The van der Waals surface area contributed by atoms with Gasteiger partial charge in [0.05, 0.1) is 5.69 Å². The molecule has 0 unspecified atom stereocenters. The van der Waals surface area contributed by atoms with E-state index in [1.165, 1.54) is 11.3 Å². The van der Waals surface area contributed by atoms with E-state index in [-0.39, 0.29) is 5.91 Å². The van der Waals surface area contributed by atoms with Crippen LogP contribution in [0.4, 0.5) is 11.4 Å². The zero-order valence-electron chi connectivity index (χ0n) is 11.3. The smallest absolute Gasteiger partial charge is 0.267 e. The van der Waals surface area contributed by atoms with E-state index in [9.17, 15) is 4.79 Å². The van der Waals surface area contributed by atoms with Crippen LogP contribution in [0.25, 0.3) is 10.1 Å². The van der Waals surface area contributed by atoms with Crippen molar-refractivity contribution in [3.8, 4) is 0 Å². The van der Waals surface area contributed by atoms with Gasteiger partial charge < -0.3 is 11.1 Å². The minimum Gasteiger partial charge on any atom is -0.397 e. The maximum absolute atomic E-state index is 12.4. The van der Waals surface area contributed by atoms with Crippen molar-refractivity contribution < 1.29 is 4.79 Å². The van der Waals surface area contributed by atoms with Gasteiger partial charge in [-0.3, -0.25) is 4.79 Å². The first kappa shape index (κ1) is 14.3. The predicted molar refractivity (Wildman–Crippen MR) is 98.1 cm³/mol. The Morgan fingerprint density at radius 2 is 2.05 bits per heavy atom. The van der Waals surface area contributed by atoms with E-state index in [2.05, 4.69) is 27.9 Å². The van der Waals surface area contributed by atoms with Crippen molar-refractivity contribution in [3.63, 3.8) is 0 Å². The van der Waals surface area contributed by atoms with E-state index in [1.54, 1.807) is 0 Å². The molecule has 3 nitrogen and oxygen atoms in total. The molecule has 0 aliphatic carbocycles. The van der Waals surface area contributed by atoms with Crippen molar-refractivity contribution in [2.45, 2.75) is 6.92 Å². The Kier molecular flexibility index (Phi) is 3.86. The van der Waals surface area contributed by atoms with Crippen molar-refractivity contribution in [2.75, 3.05) is 11.1 Å². The molecule has 0 fully saturated rings. The summed E-state index contributed by atoms with van der Waals surface area (Å²) in [7, 11) is 0. The number of halogens is 1. The molecule has 3 rings (SSSR count). The highest BCUT2D eigenvalue weighted by Gasteiger charge is 2.16. The van der Waals surface area contributed by atoms with Crippen LogP contribution in [0, 0.1) is 10.5 Å². The first-order valence-electron chi connectivity index (χ1n) is 6.40. The van der Waals surface area contributed by atoms with Gasteiger partial charge in [0.1, 0.15) is 4.88 Å². The molecule has 106 valence electrons. The third-order valence-electron chi connectivity index (χ3n) is 3.17. The number of aryl methyl sites for hydroxylation is 1. The van der Waals surface area contributed by atoms with Crippen molar-refractivity contribution in [3.05, 3.63) is 56.5 Å². The van der Waals surface area contributed by atoms with Gasteiger partial charge in [-0.05, 0) is 59.8 Å². The fourth-order valence-electron chi connectivity index (χ4n) is 2.15. The third-order valence-corrected chi connectivity index (χ3v) is 5.03. The highest BCUT2D eigenvalue weighted by atomic mass is 127. The number of nitrogen functional groups attached to an aromatic ring is 1. The Bertz CT molecular complexity index is 841. The molecule has 0 aliphatic heterocycles. The van der Waals surface area contributed by atoms with Gasteiger partial charge in [0.15, 0.2) is 0 Å². The number of fused-ring (bicyclic) bond motifs is 1. The summed E-state index contributed by atoms with van der Waals surface area (Å²) in [6.45, 7) is 2.02. The van der Waals surface area contributed by atoms with Gasteiger partial charge in [0, 0.05) is 19.3 Å². The van der Waals surface area contributed by atoms with E-state index in [0.29, 0.717) is 10.6 Å². The topological polar surface area (TPSA) is 55.1 Å². The molecule has 0 atom stereocenters. The standard InChI is InChI=1S/C16H13IN2OS/c1-9-5-6-13-12(7-9)14(18)15(21-13)16(20)19-11-4-2-3-10(17)8-11/h2-8H,18H2,1H3,(H,19,20). The SMILES string of the molecule is Cc1ccc2sc(C(=O)Nc3cccc(I)c3)c(N)c2c1. The number of thiophene rings is 1. The molecule has 1 heterocycles. The Morgan fingerprint density at radius 1 is 1.24 bits per heavy atom. The zero-order valence-corrected chi connectivity index (χ0v) is 14.3.